The number of aryl methyl sites for hydroxylation is 2. The normalized spacial score (nSPS) is 14.4. The van der Waals surface area contributed by atoms with Gasteiger partial charge in [-0.2, -0.15) is 10.2 Å². The van der Waals surface area contributed by atoms with Gasteiger partial charge in [0, 0.05) is 30.4 Å². The molecule has 24 heavy (non-hydrogen) atoms. The molecule has 0 saturated heterocycles. The molecule has 3 aromatic rings. The lowest BCUT2D eigenvalue weighted by Crippen LogP contribution is -2.10. The van der Waals surface area contributed by atoms with Gasteiger partial charge in [0.25, 0.3) is 0 Å². The predicted octanol–water partition coefficient (Wildman–Crippen LogP) is 2.59. The third kappa shape index (κ3) is 2.36. The molecular weight excluding hydrogens is 306 g/mol. The van der Waals surface area contributed by atoms with Crippen molar-refractivity contribution in [3.8, 4) is 11.1 Å². The van der Waals surface area contributed by atoms with Crippen molar-refractivity contribution in [2.45, 2.75) is 45.7 Å². The summed E-state index contributed by atoms with van der Waals surface area (Å²) in [6, 6.07) is 1.98. The van der Waals surface area contributed by atoms with Gasteiger partial charge >= 0.3 is 5.97 Å². The number of rotatable bonds is 5. The van der Waals surface area contributed by atoms with Crippen molar-refractivity contribution in [1.29, 1.82) is 0 Å². The number of hydrogen-bond acceptors (Lipinski definition) is 4. The first-order chi connectivity index (χ1) is 11.6. The molecule has 0 bridgehead atoms. The highest BCUT2D eigenvalue weighted by atomic mass is 16.4. The van der Waals surface area contributed by atoms with Crippen LogP contribution in [0.3, 0.4) is 0 Å². The molecule has 0 unspecified atom stereocenters. The highest BCUT2D eigenvalue weighted by molar-refractivity contribution is 5.96. The van der Waals surface area contributed by atoms with Crippen molar-refractivity contribution in [3.63, 3.8) is 0 Å². The molecule has 1 aliphatic carbocycles. The topological polar surface area (TPSA) is 85.8 Å². The summed E-state index contributed by atoms with van der Waals surface area (Å²) in [5.74, 6) is -0.504. The van der Waals surface area contributed by atoms with Gasteiger partial charge in [-0.3, -0.25) is 9.48 Å². The quantitative estimate of drug-likeness (QED) is 0.779. The van der Waals surface area contributed by atoms with Gasteiger partial charge in [-0.05, 0) is 38.3 Å². The molecule has 3 aromatic heterocycles. The van der Waals surface area contributed by atoms with Crippen LogP contribution in [-0.2, 0) is 17.9 Å². The predicted molar refractivity (Wildman–Crippen MR) is 88.8 cm³/mol. The van der Waals surface area contributed by atoms with E-state index in [-0.39, 0.29) is 6.54 Å². The van der Waals surface area contributed by atoms with Crippen LogP contribution in [0.15, 0.2) is 18.5 Å². The Morgan fingerprint density at radius 1 is 1.33 bits per heavy atom. The Balaban J connectivity index is 1.97. The number of aliphatic carboxylic acids is 1. The van der Waals surface area contributed by atoms with E-state index in [1.54, 1.807) is 6.20 Å². The Hall–Kier alpha value is -2.70. The molecule has 7 heteroatoms. The maximum absolute atomic E-state index is 11.2. The zero-order chi connectivity index (χ0) is 16.8. The SMILES string of the molecule is CCn1cc(-c2ccnc3c2c(C2CC2)nn3CC(=O)O)c(C)n1. The summed E-state index contributed by atoms with van der Waals surface area (Å²) in [6.07, 6.45) is 5.95. The maximum atomic E-state index is 11.2. The molecule has 0 amide bonds. The molecule has 1 N–H and O–H groups in total. The third-order valence-electron chi connectivity index (χ3n) is 4.47. The highest BCUT2D eigenvalue weighted by Gasteiger charge is 2.31. The summed E-state index contributed by atoms with van der Waals surface area (Å²) in [6.45, 7) is 4.68. The van der Waals surface area contributed by atoms with Crippen LogP contribution >= 0.6 is 0 Å². The van der Waals surface area contributed by atoms with E-state index in [1.807, 2.05) is 23.9 Å². The molecular formula is C17H19N5O2. The first-order valence-corrected chi connectivity index (χ1v) is 8.20. The molecule has 4 rings (SSSR count). The van der Waals surface area contributed by atoms with E-state index in [4.69, 9.17) is 5.11 Å². The molecule has 7 nitrogen and oxygen atoms in total. The Labute approximate surface area is 138 Å². The van der Waals surface area contributed by atoms with E-state index in [0.717, 1.165) is 47.3 Å². The molecule has 0 aromatic carbocycles. The lowest BCUT2D eigenvalue weighted by molar-refractivity contribution is -0.137. The first-order valence-electron chi connectivity index (χ1n) is 8.20. The van der Waals surface area contributed by atoms with Gasteiger partial charge in [0.1, 0.15) is 6.54 Å². The Morgan fingerprint density at radius 3 is 2.75 bits per heavy atom. The number of pyridine rings is 1. The van der Waals surface area contributed by atoms with E-state index in [2.05, 4.69) is 22.1 Å². The molecule has 1 saturated carbocycles. The van der Waals surface area contributed by atoms with Crippen molar-refractivity contribution in [2.75, 3.05) is 0 Å². The van der Waals surface area contributed by atoms with E-state index < -0.39 is 5.97 Å². The van der Waals surface area contributed by atoms with Gasteiger partial charge in [0.05, 0.1) is 16.8 Å². The van der Waals surface area contributed by atoms with Crippen LogP contribution in [0.4, 0.5) is 0 Å². The zero-order valence-corrected chi connectivity index (χ0v) is 13.7. The summed E-state index contributed by atoms with van der Waals surface area (Å²) in [5, 5.41) is 19.2. The maximum Gasteiger partial charge on any atom is 0.325 e. The molecule has 0 spiro atoms. The molecule has 0 atom stereocenters. The summed E-state index contributed by atoms with van der Waals surface area (Å²) >= 11 is 0. The molecule has 3 heterocycles. The molecule has 0 aliphatic heterocycles. The molecule has 1 fully saturated rings. The Bertz CT molecular complexity index is 936. The van der Waals surface area contributed by atoms with Crippen LogP contribution in [0.2, 0.25) is 0 Å². The van der Waals surface area contributed by atoms with Gasteiger partial charge in [0.2, 0.25) is 0 Å². The Morgan fingerprint density at radius 2 is 2.12 bits per heavy atom. The van der Waals surface area contributed by atoms with Gasteiger partial charge in [-0.25, -0.2) is 9.67 Å². The van der Waals surface area contributed by atoms with Crippen molar-refractivity contribution in [1.82, 2.24) is 24.5 Å². The minimum atomic E-state index is -0.913. The van der Waals surface area contributed by atoms with Crippen molar-refractivity contribution < 1.29 is 9.90 Å². The standard InChI is InChI=1S/C17H19N5O2/c1-3-21-8-13(10(2)19-21)12-6-7-18-17-15(12)16(11-4-5-11)20-22(17)9-14(23)24/h6-8,11H,3-5,9H2,1-2H3,(H,23,24). The lowest BCUT2D eigenvalue weighted by Gasteiger charge is -2.03. The van der Waals surface area contributed by atoms with Crippen LogP contribution in [-0.4, -0.2) is 35.6 Å². The van der Waals surface area contributed by atoms with E-state index in [0.29, 0.717) is 11.6 Å². The fraction of sp³-hybridized carbons (Fsp3) is 0.412. The van der Waals surface area contributed by atoms with Crippen molar-refractivity contribution >= 4 is 17.0 Å². The minimum Gasteiger partial charge on any atom is -0.480 e. The van der Waals surface area contributed by atoms with E-state index in [1.165, 1.54) is 4.68 Å². The van der Waals surface area contributed by atoms with Crippen LogP contribution < -0.4 is 0 Å². The zero-order valence-electron chi connectivity index (χ0n) is 13.7. The highest BCUT2D eigenvalue weighted by Crippen LogP contribution is 2.44. The van der Waals surface area contributed by atoms with E-state index >= 15 is 0 Å². The number of carboxylic acids is 1. The first kappa shape index (κ1) is 14.9. The third-order valence-corrected chi connectivity index (χ3v) is 4.47. The van der Waals surface area contributed by atoms with Crippen LogP contribution in [0.1, 0.15) is 37.1 Å². The second-order valence-corrected chi connectivity index (χ2v) is 6.25. The average Bonchev–Trinajstić information content (AvgIpc) is 3.24. The van der Waals surface area contributed by atoms with Crippen molar-refractivity contribution in [3.05, 3.63) is 29.8 Å². The second-order valence-electron chi connectivity index (χ2n) is 6.25. The summed E-state index contributed by atoms with van der Waals surface area (Å²) in [4.78, 5) is 15.6. The minimum absolute atomic E-state index is 0.174. The lowest BCUT2D eigenvalue weighted by atomic mass is 10.0. The smallest absolute Gasteiger partial charge is 0.325 e. The summed E-state index contributed by atoms with van der Waals surface area (Å²) in [5.41, 5.74) is 4.66. The van der Waals surface area contributed by atoms with Crippen molar-refractivity contribution in [2.24, 2.45) is 0 Å². The average molecular weight is 325 g/mol. The largest absolute Gasteiger partial charge is 0.480 e. The number of aromatic nitrogens is 5. The number of carboxylic acid groups (broad SMARTS) is 1. The number of hydrogen-bond donors (Lipinski definition) is 1. The van der Waals surface area contributed by atoms with E-state index in [9.17, 15) is 4.79 Å². The van der Waals surface area contributed by atoms with Crippen LogP contribution in [0.5, 0.6) is 0 Å². The monoisotopic (exact) mass is 325 g/mol. The Kier molecular flexibility index (Phi) is 3.37. The van der Waals surface area contributed by atoms with Crippen LogP contribution in [0.25, 0.3) is 22.2 Å². The molecule has 1 aliphatic rings. The van der Waals surface area contributed by atoms with Gasteiger partial charge in [-0.15, -0.1) is 0 Å². The molecule has 0 radical (unpaired) electrons. The van der Waals surface area contributed by atoms with Gasteiger partial charge in [-0.1, -0.05) is 0 Å². The second kappa shape index (κ2) is 5.43. The fourth-order valence-electron chi connectivity index (χ4n) is 3.18. The fourth-order valence-corrected chi connectivity index (χ4v) is 3.18. The summed E-state index contributed by atoms with van der Waals surface area (Å²) in [7, 11) is 0. The number of nitrogens with zero attached hydrogens (tertiary/aromatic N) is 5. The number of carbonyl (C=O) groups is 1. The summed E-state index contributed by atoms with van der Waals surface area (Å²) < 4.78 is 3.42. The number of fused-ring (bicyclic) bond motifs is 1. The van der Waals surface area contributed by atoms with Gasteiger partial charge < -0.3 is 5.11 Å². The van der Waals surface area contributed by atoms with Crippen LogP contribution in [0, 0.1) is 6.92 Å². The van der Waals surface area contributed by atoms with Gasteiger partial charge in [0.15, 0.2) is 5.65 Å². The molecule has 124 valence electrons.